The molecule has 0 fully saturated rings. The van der Waals surface area contributed by atoms with Crippen molar-refractivity contribution < 1.29 is 9.52 Å². The first-order chi connectivity index (χ1) is 14.7. The minimum Gasteiger partial charge on any atom is -0.507 e. The maximum Gasteiger partial charge on any atom is 0.157 e. The van der Waals surface area contributed by atoms with Gasteiger partial charge in [-0.3, -0.25) is 5.10 Å². The van der Waals surface area contributed by atoms with E-state index in [1.54, 1.807) is 24.7 Å². The van der Waals surface area contributed by atoms with Gasteiger partial charge in [0, 0.05) is 40.0 Å². The van der Waals surface area contributed by atoms with Gasteiger partial charge in [0.15, 0.2) is 5.58 Å². The van der Waals surface area contributed by atoms with Gasteiger partial charge < -0.3 is 14.8 Å². The molecule has 0 atom stereocenters. The fourth-order valence-electron chi connectivity index (χ4n) is 4.61. The minimum absolute atomic E-state index is 0. The first-order valence-corrected chi connectivity index (χ1v) is 10.3. The molecule has 1 aromatic carbocycles. The number of aromatic nitrogens is 4. The molecule has 3 aromatic heterocycles. The molecule has 3 N–H and O–H groups in total. The van der Waals surface area contributed by atoms with Crippen molar-refractivity contribution in [3.8, 4) is 28.1 Å². The van der Waals surface area contributed by atoms with Crippen LogP contribution in [0, 0.1) is 0 Å². The number of benzene rings is 1. The molecule has 0 aliphatic carbocycles. The van der Waals surface area contributed by atoms with Crippen molar-refractivity contribution in [1.29, 1.82) is 0 Å². The Bertz CT molecular complexity index is 1310. The van der Waals surface area contributed by atoms with Crippen molar-refractivity contribution in [3.05, 3.63) is 54.6 Å². The highest BCUT2D eigenvalue weighted by atomic mass is 35.5. The van der Waals surface area contributed by atoms with Crippen molar-refractivity contribution >= 4 is 29.1 Å². The molecule has 32 heavy (non-hydrogen) atoms. The average Bonchev–Trinajstić information content (AvgIpc) is 3.35. The molecule has 0 spiro atoms. The van der Waals surface area contributed by atoms with E-state index in [0.29, 0.717) is 16.8 Å². The normalized spacial score (nSPS) is 17.1. The van der Waals surface area contributed by atoms with Crippen LogP contribution in [-0.2, 0) is 0 Å². The van der Waals surface area contributed by atoms with E-state index in [1.807, 2.05) is 18.2 Å². The number of nitrogens with zero attached hydrogens (tertiary/aromatic N) is 3. The van der Waals surface area contributed by atoms with E-state index >= 15 is 0 Å². The van der Waals surface area contributed by atoms with Crippen LogP contribution in [0.3, 0.4) is 0 Å². The number of aromatic amines is 1. The third-order valence-corrected chi connectivity index (χ3v) is 5.60. The molecular weight excluding hydrogens is 426 g/mol. The highest BCUT2D eigenvalue weighted by molar-refractivity contribution is 5.90. The molecule has 0 amide bonds. The van der Waals surface area contributed by atoms with Gasteiger partial charge in [-0.15, -0.1) is 22.6 Å². The Hall–Kier alpha value is -3.16. The quantitative estimate of drug-likeness (QED) is 0.388. The Labute approximate surface area is 192 Å². The van der Waals surface area contributed by atoms with E-state index in [0.717, 1.165) is 28.6 Å². The van der Waals surface area contributed by atoms with Crippen LogP contribution >= 0.6 is 12.4 Å². The van der Waals surface area contributed by atoms with Gasteiger partial charge in [0.2, 0.25) is 0 Å². The molecule has 166 valence electrons. The zero-order valence-electron chi connectivity index (χ0n) is 18.4. The highest BCUT2D eigenvalue weighted by Gasteiger charge is 2.33. The Morgan fingerprint density at radius 1 is 1.03 bits per heavy atom. The second kappa shape index (κ2) is 7.76. The van der Waals surface area contributed by atoms with E-state index in [1.165, 1.54) is 5.57 Å². The molecule has 0 radical (unpaired) electrons. The number of phenols is 1. The van der Waals surface area contributed by atoms with Gasteiger partial charge in [0.25, 0.3) is 0 Å². The lowest BCUT2D eigenvalue weighted by Crippen LogP contribution is -2.53. The molecular formula is C24H26ClN5O2. The Morgan fingerprint density at radius 3 is 2.53 bits per heavy atom. The van der Waals surface area contributed by atoms with E-state index in [2.05, 4.69) is 59.5 Å². The molecule has 0 saturated heterocycles. The predicted octanol–water partition coefficient (Wildman–Crippen LogP) is 5.34. The molecule has 7 nitrogen and oxygen atoms in total. The summed E-state index contributed by atoms with van der Waals surface area (Å²) in [5, 5.41) is 29.8. The van der Waals surface area contributed by atoms with Gasteiger partial charge in [-0.1, -0.05) is 12.1 Å². The Balaban J connectivity index is 0.00000245. The lowest BCUT2D eigenvalue weighted by molar-refractivity contribution is 0.297. The molecule has 1 aliphatic heterocycles. The second-order valence-corrected chi connectivity index (χ2v) is 9.39. The summed E-state index contributed by atoms with van der Waals surface area (Å²) in [6, 6.07) is 7.28. The Kier molecular flexibility index (Phi) is 5.35. The molecule has 0 saturated carbocycles. The van der Waals surface area contributed by atoms with Crippen LogP contribution < -0.4 is 5.32 Å². The molecule has 0 unspecified atom stereocenters. The minimum atomic E-state index is -0.128. The summed E-state index contributed by atoms with van der Waals surface area (Å²) in [4.78, 5) is 0. The van der Waals surface area contributed by atoms with E-state index in [4.69, 9.17) is 4.42 Å². The molecule has 0 bridgehead atoms. The third kappa shape index (κ3) is 4.01. The number of phenolic OH excluding ortho intramolecular Hbond substituents is 1. The van der Waals surface area contributed by atoms with Crippen LogP contribution in [0.15, 0.2) is 53.4 Å². The summed E-state index contributed by atoms with van der Waals surface area (Å²) in [6.07, 6.45) is 8.35. The fraction of sp³-hybridized carbons (Fsp3) is 0.292. The van der Waals surface area contributed by atoms with Gasteiger partial charge in [-0.2, -0.15) is 5.10 Å². The summed E-state index contributed by atoms with van der Waals surface area (Å²) < 4.78 is 5.87. The fourth-order valence-corrected chi connectivity index (χ4v) is 4.61. The summed E-state index contributed by atoms with van der Waals surface area (Å²) in [5.41, 5.74) is 6.31. The first-order valence-electron chi connectivity index (χ1n) is 10.3. The summed E-state index contributed by atoms with van der Waals surface area (Å²) in [6.45, 7) is 8.72. The third-order valence-electron chi connectivity index (χ3n) is 5.60. The van der Waals surface area contributed by atoms with Crippen LogP contribution in [0.1, 0.15) is 39.7 Å². The van der Waals surface area contributed by atoms with Crippen molar-refractivity contribution in [1.82, 2.24) is 25.7 Å². The maximum absolute atomic E-state index is 10.6. The van der Waals surface area contributed by atoms with Gasteiger partial charge >= 0.3 is 0 Å². The zero-order valence-corrected chi connectivity index (χ0v) is 19.2. The van der Waals surface area contributed by atoms with Gasteiger partial charge in [0.1, 0.15) is 23.2 Å². The molecule has 8 heteroatoms. The topological polar surface area (TPSA) is 99.9 Å². The standard InChI is InChI=1S/C24H25N5O2.ClH/c1-23(2)9-15(10-24(3,4)29-23)18-13-31-21-8-19(27-28-22(18)21)17-6-5-14(7-20(17)30)16-11-25-26-12-16;/h5-9,11-13,29-30H,10H2,1-4H3,(H,25,26);1H. The lowest BCUT2D eigenvalue weighted by atomic mass is 9.81. The van der Waals surface area contributed by atoms with Gasteiger partial charge in [-0.25, -0.2) is 0 Å². The smallest absolute Gasteiger partial charge is 0.157 e. The largest absolute Gasteiger partial charge is 0.507 e. The van der Waals surface area contributed by atoms with Crippen LogP contribution in [0.25, 0.3) is 39.1 Å². The molecule has 4 aromatic rings. The predicted molar refractivity (Wildman–Crippen MR) is 128 cm³/mol. The summed E-state index contributed by atoms with van der Waals surface area (Å²) >= 11 is 0. The van der Waals surface area contributed by atoms with E-state index in [9.17, 15) is 5.11 Å². The number of nitrogens with one attached hydrogen (secondary N) is 2. The van der Waals surface area contributed by atoms with Crippen LogP contribution in [0.4, 0.5) is 0 Å². The maximum atomic E-state index is 10.6. The Morgan fingerprint density at radius 2 is 1.84 bits per heavy atom. The van der Waals surface area contributed by atoms with E-state index < -0.39 is 0 Å². The second-order valence-electron chi connectivity index (χ2n) is 9.39. The van der Waals surface area contributed by atoms with Crippen molar-refractivity contribution in [2.24, 2.45) is 0 Å². The zero-order chi connectivity index (χ0) is 21.8. The molecule has 5 rings (SSSR count). The summed E-state index contributed by atoms with van der Waals surface area (Å²) in [5.74, 6) is 0.128. The van der Waals surface area contributed by atoms with Crippen LogP contribution in [0.5, 0.6) is 5.75 Å². The average molecular weight is 452 g/mol. The number of hydrogen-bond acceptors (Lipinski definition) is 6. The number of halogens is 1. The van der Waals surface area contributed by atoms with Crippen LogP contribution in [-0.4, -0.2) is 36.6 Å². The number of hydrogen-bond donors (Lipinski definition) is 3. The van der Waals surface area contributed by atoms with E-state index in [-0.39, 0.29) is 29.2 Å². The first kappa shape index (κ1) is 22.0. The summed E-state index contributed by atoms with van der Waals surface area (Å²) in [7, 11) is 0. The number of rotatable bonds is 3. The molecule has 4 heterocycles. The van der Waals surface area contributed by atoms with Crippen molar-refractivity contribution in [2.75, 3.05) is 0 Å². The van der Waals surface area contributed by atoms with Crippen molar-refractivity contribution in [3.63, 3.8) is 0 Å². The lowest BCUT2D eigenvalue weighted by Gasteiger charge is -2.41. The van der Waals surface area contributed by atoms with Gasteiger partial charge in [-0.05, 0) is 57.4 Å². The number of fused-ring (bicyclic) bond motifs is 1. The molecule has 1 aliphatic rings. The van der Waals surface area contributed by atoms with Crippen LogP contribution in [0.2, 0.25) is 0 Å². The SMILES string of the molecule is CC1(C)C=C(c2coc3cc(-c4ccc(-c5cn[nH]c5)cc4O)nnc23)CC(C)(C)N1.Cl. The van der Waals surface area contributed by atoms with Crippen molar-refractivity contribution in [2.45, 2.75) is 45.2 Å². The number of furan rings is 1. The number of H-pyrrole nitrogens is 1. The monoisotopic (exact) mass is 451 g/mol. The highest BCUT2D eigenvalue weighted by Crippen LogP contribution is 2.38. The van der Waals surface area contributed by atoms with Gasteiger partial charge in [0.05, 0.1) is 6.20 Å². The number of aromatic hydroxyl groups is 1.